The van der Waals surface area contributed by atoms with Crippen molar-refractivity contribution in [2.75, 3.05) is 0 Å². The van der Waals surface area contributed by atoms with Crippen molar-refractivity contribution in [3.63, 3.8) is 0 Å². The van der Waals surface area contributed by atoms with Crippen LogP contribution in [0, 0.1) is 11.7 Å². The molecule has 0 bridgehead atoms. The summed E-state index contributed by atoms with van der Waals surface area (Å²) in [6, 6.07) is 7.69. The summed E-state index contributed by atoms with van der Waals surface area (Å²) < 4.78 is 16.8. The van der Waals surface area contributed by atoms with Crippen molar-refractivity contribution in [1.29, 1.82) is 0 Å². The van der Waals surface area contributed by atoms with E-state index in [2.05, 4.69) is 34.3 Å². The summed E-state index contributed by atoms with van der Waals surface area (Å²) in [6.07, 6.45) is 11.4. The van der Waals surface area contributed by atoms with E-state index in [9.17, 15) is 4.39 Å². The van der Waals surface area contributed by atoms with E-state index in [1.54, 1.807) is 24.4 Å². The van der Waals surface area contributed by atoms with Crippen LogP contribution in [-0.2, 0) is 13.0 Å². The van der Waals surface area contributed by atoms with Crippen LogP contribution in [0.15, 0.2) is 54.2 Å². The molecule has 0 aliphatic heterocycles. The topological polar surface area (TPSA) is 30.2 Å². The Morgan fingerprint density at radius 2 is 2.22 bits per heavy atom. The molecule has 0 N–H and O–H groups in total. The standard InChI is InChI=1S/C23H28FN3/c1-4-8-22(25-5-2)20-12-11-17(16-21(20)24)15-18-9-7-10-19(18)23-13-14-26-27(23)6-3/h4-5,8,11-14,16,18-19H,1,6-7,9-10,15H2,2-3H3/b22-8-,25-5?. The van der Waals surface area contributed by atoms with Crippen molar-refractivity contribution >= 4 is 11.9 Å². The first-order chi connectivity index (χ1) is 13.2. The minimum Gasteiger partial charge on any atom is -0.270 e. The molecule has 27 heavy (non-hydrogen) atoms. The van der Waals surface area contributed by atoms with Crippen LogP contribution in [0.1, 0.15) is 55.8 Å². The first-order valence-electron chi connectivity index (χ1n) is 9.79. The monoisotopic (exact) mass is 365 g/mol. The second kappa shape index (κ2) is 8.94. The molecule has 4 heteroatoms. The van der Waals surface area contributed by atoms with Gasteiger partial charge in [0.15, 0.2) is 0 Å². The maximum absolute atomic E-state index is 14.7. The van der Waals surface area contributed by atoms with E-state index < -0.39 is 0 Å². The van der Waals surface area contributed by atoms with Gasteiger partial charge >= 0.3 is 0 Å². The van der Waals surface area contributed by atoms with Gasteiger partial charge in [-0.05, 0) is 68.9 Å². The van der Waals surface area contributed by atoms with Gasteiger partial charge in [-0.2, -0.15) is 5.10 Å². The summed E-state index contributed by atoms with van der Waals surface area (Å²) in [5, 5.41) is 4.43. The Morgan fingerprint density at radius 1 is 1.37 bits per heavy atom. The minimum atomic E-state index is -0.223. The van der Waals surface area contributed by atoms with Crippen LogP contribution in [0.3, 0.4) is 0 Å². The summed E-state index contributed by atoms with van der Waals surface area (Å²) in [6.45, 7) is 8.54. The molecule has 1 fully saturated rings. The smallest absolute Gasteiger partial charge is 0.132 e. The number of aromatic nitrogens is 2. The quantitative estimate of drug-likeness (QED) is 0.451. The van der Waals surface area contributed by atoms with Crippen LogP contribution >= 0.6 is 0 Å². The maximum Gasteiger partial charge on any atom is 0.132 e. The highest BCUT2D eigenvalue weighted by Crippen LogP contribution is 2.41. The van der Waals surface area contributed by atoms with Gasteiger partial charge in [-0.15, -0.1) is 0 Å². The van der Waals surface area contributed by atoms with Gasteiger partial charge in [-0.1, -0.05) is 25.1 Å². The van der Waals surface area contributed by atoms with Gasteiger partial charge in [0.2, 0.25) is 0 Å². The molecule has 3 rings (SSSR count). The second-order valence-corrected chi connectivity index (χ2v) is 7.06. The third-order valence-electron chi connectivity index (χ3n) is 5.44. The number of aryl methyl sites for hydroxylation is 1. The van der Waals surface area contributed by atoms with E-state index in [1.165, 1.54) is 25.0 Å². The van der Waals surface area contributed by atoms with Gasteiger partial charge in [0.05, 0.1) is 5.70 Å². The molecule has 1 saturated carbocycles. The number of rotatable bonds is 7. The molecule has 0 radical (unpaired) electrons. The Hall–Kier alpha value is -2.49. The fraction of sp³-hybridized carbons (Fsp3) is 0.391. The highest BCUT2D eigenvalue weighted by Gasteiger charge is 2.30. The Bertz CT molecular complexity index is 847. The zero-order valence-electron chi connectivity index (χ0n) is 16.2. The van der Waals surface area contributed by atoms with Crippen LogP contribution in [-0.4, -0.2) is 16.0 Å². The zero-order valence-corrected chi connectivity index (χ0v) is 16.2. The number of allylic oxidation sites excluding steroid dienone is 2. The van der Waals surface area contributed by atoms with E-state index in [0.29, 0.717) is 23.1 Å². The molecule has 2 unspecified atom stereocenters. The van der Waals surface area contributed by atoms with E-state index in [0.717, 1.165) is 18.5 Å². The molecule has 1 aliphatic carbocycles. The van der Waals surface area contributed by atoms with Gasteiger partial charge in [-0.3, -0.25) is 9.67 Å². The van der Waals surface area contributed by atoms with Crippen LogP contribution in [0.2, 0.25) is 0 Å². The summed E-state index contributed by atoms with van der Waals surface area (Å²) in [4.78, 5) is 4.26. The van der Waals surface area contributed by atoms with Crippen molar-refractivity contribution in [1.82, 2.24) is 9.78 Å². The lowest BCUT2D eigenvalue weighted by molar-refractivity contribution is 0.447. The normalized spacial score (nSPS) is 20.5. The summed E-state index contributed by atoms with van der Waals surface area (Å²) in [7, 11) is 0. The molecular weight excluding hydrogens is 337 g/mol. The lowest BCUT2D eigenvalue weighted by atomic mass is 9.87. The van der Waals surface area contributed by atoms with Gasteiger partial charge in [0.25, 0.3) is 0 Å². The van der Waals surface area contributed by atoms with E-state index in [-0.39, 0.29) is 5.82 Å². The van der Waals surface area contributed by atoms with Gasteiger partial charge in [0, 0.05) is 36.1 Å². The van der Waals surface area contributed by atoms with Crippen LogP contribution < -0.4 is 0 Å². The zero-order chi connectivity index (χ0) is 19.2. The summed E-state index contributed by atoms with van der Waals surface area (Å²) >= 11 is 0. The van der Waals surface area contributed by atoms with E-state index in [1.807, 2.05) is 25.3 Å². The molecule has 3 nitrogen and oxygen atoms in total. The number of hydrogen-bond donors (Lipinski definition) is 0. The second-order valence-electron chi connectivity index (χ2n) is 7.06. The lowest BCUT2D eigenvalue weighted by Gasteiger charge is -2.21. The lowest BCUT2D eigenvalue weighted by Crippen LogP contribution is -2.14. The summed E-state index contributed by atoms with van der Waals surface area (Å²) in [5.41, 5.74) is 3.49. The predicted molar refractivity (Wildman–Crippen MR) is 110 cm³/mol. The molecule has 1 heterocycles. The Morgan fingerprint density at radius 3 is 2.93 bits per heavy atom. The van der Waals surface area contributed by atoms with Crippen LogP contribution in [0.5, 0.6) is 0 Å². The van der Waals surface area contributed by atoms with Crippen LogP contribution in [0.4, 0.5) is 4.39 Å². The predicted octanol–water partition coefficient (Wildman–Crippen LogP) is 5.79. The van der Waals surface area contributed by atoms with Crippen molar-refractivity contribution in [2.45, 2.75) is 52.0 Å². The molecule has 0 saturated heterocycles. The largest absolute Gasteiger partial charge is 0.270 e. The van der Waals surface area contributed by atoms with Gasteiger partial charge in [0.1, 0.15) is 5.82 Å². The fourth-order valence-corrected chi connectivity index (χ4v) is 4.24. The third-order valence-corrected chi connectivity index (χ3v) is 5.44. The number of nitrogens with zero attached hydrogens (tertiary/aromatic N) is 3. The van der Waals surface area contributed by atoms with Crippen molar-refractivity contribution in [2.24, 2.45) is 10.9 Å². The molecule has 0 amide bonds. The Kier molecular flexibility index (Phi) is 6.38. The molecule has 2 atom stereocenters. The number of benzene rings is 1. The Labute approximate surface area is 161 Å². The Balaban J connectivity index is 1.80. The average Bonchev–Trinajstić information content (AvgIpc) is 3.30. The fourth-order valence-electron chi connectivity index (χ4n) is 4.24. The number of hydrogen-bond acceptors (Lipinski definition) is 2. The van der Waals surface area contributed by atoms with E-state index in [4.69, 9.17) is 0 Å². The molecule has 1 aliphatic rings. The van der Waals surface area contributed by atoms with Gasteiger partial charge in [-0.25, -0.2) is 4.39 Å². The van der Waals surface area contributed by atoms with Crippen molar-refractivity contribution in [3.05, 3.63) is 71.8 Å². The minimum absolute atomic E-state index is 0.223. The van der Waals surface area contributed by atoms with Crippen LogP contribution in [0.25, 0.3) is 5.70 Å². The molecule has 0 spiro atoms. The van der Waals surface area contributed by atoms with Gasteiger partial charge < -0.3 is 0 Å². The van der Waals surface area contributed by atoms with E-state index >= 15 is 0 Å². The van der Waals surface area contributed by atoms with Crippen molar-refractivity contribution in [3.8, 4) is 0 Å². The number of aliphatic imine (C=N–C) groups is 1. The molecule has 2 aromatic rings. The summed E-state index contributed by atoms with van der Waals surface area (Å²) in [5.74, 6) is 0.824. The maximum atomic E-state index is 14.7. The molecule has 142 valence electrons. The van der Waals surface area contributed by atoms with Crippen molar-refractivity contribution < 1.29 is 4.39 Å². The first kappa shape index (κ1) is 19.3. The first-order valence-corrected chi connectivity index (χ1v) is 9.79. The highest BCUT2D eigenvalue weighted by molar-refractivity contribution is 5.74. The highest BCUT2D eigenvalue weighted by atomic mass is 19.1. The average molecular weight is 365 g/mol. The third kappa shape index (κ3) is 4.26. The SMILES string of the molecule is C=C/C=C(\N=CC)c1ccc(CC2CCCC2c2ccnn2CC)cc1F. The number of halogens is 1. The molecular formula is C23H28FN3. The molecule has 1 aromatic carbocycles. The molecule has 1 aromatic heterocycles.